The molecule has 0 aliphatic rings. The van der Waals surface area contributed by atoms with Crippen molar-refractivity contribution in [3.8, 4) is 0 Å². The summed E-state index contributed by atoms with van der Waals surface area (Å²) in [5, 5.41) is 12.9. The van der Waals surface area contributed by atoms with Crippen LogP contribution in [0.2, 0.25) is 0 Å². The zero-order chi connectivity index (χ0) is 10.6. The number of primary amides is 1. The lowest BCUT2D eigenvalue weighted by molar-refractivity contribution is -0.385. The normalized spacial score (nSPS) is 9.43. The molecule has 7 nitrogen and oxygen atoms in total. The molecule has 0 aliphatic carbocycles. The Hall–Kier alpha value is -2.18. The minimum absolute atomic E-state index is 0.0508. The fourth-order valence-corrected chi connectivity index (χ4v) is 0.776. The van der Waals surface area contributed by atoms with Gasteiger partial charge in [-0.25, -0.2) is 4.98 Å². The fraction of sp³-hybridized carbons (Fsp3) is 0.143. The van der Waals surface area contributed by atoms with Gasteiger partial charge in [0.15, 0.2) is 0 Å². The van der Waals surface area contributed by atoms with Crippen molar-refractivity contribution in [3.63, 3.8) is 0 Å². The Bertz CT molecular complexity index is 348. The summed E-state index contributed by atoms with van der Waals surface area (Å²) in [6.45, 7) is -0.0508. The molecule has 0 fully saturated rings. The number of pyridine rings is 1. The van der Waals surface area contributed by atoms with Crippen LogP contribution >= 0.6 is 0 Å². The van der Waals surface area contributed by atoms with E-state index in [4.69, 9.17) is 5.73 Å². The summed E-state index contributed by atoms with van der Waals surface area (Å²) in [7, 11) is 0. The molecule has 1 amide bonds. The van der Waals surface area contributed by atoms with E-state index in [2.05, 4.69) is 10.3 Å². The third-order valence-corrected chi connectivity index (χ3v) is 1.40. The van der Waals surface area contributed by atoms with Crippen LogP contribution in [0, 0.1) is 10.1 Å². The molecule has 1 rings (SSSR count). The molecule has 0 unspecified atom stereocenters. The van der Waals surface area contributed by atoms with Gasteiger partial charge in [-0.1, -0.05) is 0 Å². The number of amides is 1. The number of nitrogens with two attached hydrogens (primary N) is 1. The Morgan fingerprint density at radius 3 is 2.79 bits per heavy atom. The van der Waals surface area contributed by atoms with Gasteiger partial charge in [0.2, 0.25) is 5.91 Å². The molecule has 14 heavy (non-hydrogen) atoms. The Balaban J connectivity index is 2.64. The van der Waals surface area contributed by atoms with Gasteiger partial charge in [0.1, 0.15) is 12.0 Å². The van der Waals surface area contributed by atoms with Crippen molar-refractivity contribution in [3.05, 3.63) is 28.4 Å². The number of nitro groups is 1. The maximum absolute atomic E-state index is 10.4. The van der Waals surface area contributed by atoms with Crippen LogP contribution in [0.1, 0.15) is 0 Å². The van der Waals surface area contributed by atoms with E-state index in [0.717, 1.165) is 6.20 Å². The summed E-state index contributed by atoms with van der Waals surface area (Å²) in [4.78, 5) is 23.8. The molecule has 3 N–H and O–H groups in total. The Kier molecular flexibility index (Phi) is 2.95. The number of aromatic nitrogens is 1. The van der Waals surface area contributed by atoms with E-state index in [0.29, 0.717) is 5.82 Å². The Morgan fingerprint density at radius 1 is 1.64 bits per heavy atom. The summed E-state index contributed by atoms with van der Waals surface area (Å²) in [5.74, 6) is -0.153. The maximum Gasteiger partial charge on any atom is 0.287 e. The van der Waals surface area contributed by atoms with Gasteiger partial charge < -0.3 is 11.1 Å². The van der Waals surface area contributed by atoms with E-state index in [9.17, 15) is 14.9 Å². The van der Waals surface area contributed by atoms with Gasteiger partial charge in [-0.3, -0.25) is 14.9 Å². The van der Waals surface area contributed by atoms with Gasteiger partial charge in [0.05, 0.1) is 11.5 Å². The highest BCUT2D eigenvalue weighted by Gasteiger charge is 2.04. The molecule has 0 aliphatic heterocycles. The standard InChI is InChI=1S/C7H8N4O3/c8-6(12)4-10-7-2-1-5(3-9-7)11(13)14/h1-3H,4H2,(H2,8,12)(H,9,10). The van der Waals surface area contributed by atoms with Gasteiger partial charge in [0, 0.05) is 6.07 Å². The molecule has 74 valence electrons. The van der Waals surface area contributed by atoms with E-state index in [1.165, 1.54) is 12.1 Å². The third kappa shape index (κ3) is 2.70. The first-order chi connectivity index (χ1) is 6.59. The molecule has 1 aromatic rings. The zero-order valence-electron chi connectivity index (χ0n) is 7.14. The predicted octanol–water partition coefficient (Wildman–Crippen LogP) is -0.113. The Labute approximate surface area is 79.1 Å². The minimum Gasteiger partial charge on any atom is -0.368 e. The minimum atomic E-state index is -0.551. The van der Waals surface area contributed by atoms with Crippen LogP contribution in [0.5, 0.6) is 0 Å². The molecule has 0 bridgehead atoms. The topological polar surface area (TPSA) is 111 Å². The van der Waals surface area contributed by atoms with E-state index >= 15 is 0 Å². The first kappa shape index (κ1) is 9.90. The van der Waals surface area contributed by atoms with Crippen LogP contribution in [0.3, 0.4) is 0 Å². The molecular formula is C7H8N4O3. The number of nitrogens with one attached hydrogen (secondary N) is 1. The molecular weight excluding hydrogens is 188 g/mol. The zero-order valence-corrected chi connectivity index (χ0v) is 7.14. The first-order valence-corrected chi connectivity index (χ1v) is 3.72. The van der Waals surface area contributed by atoms with Crippen molar-refractivity contribution in [2.24, 2.45) is 5.73 Å². The fourth-order valence-electron chi connectivity index (χ4n) is 0.776. The summed E-state index contributed by atoms with van der Waals surface area (Å²) < 4.78 is 0. The second kappa shape index (κ2) is 4.17. The van der Waals surface area contributed by atoms with E-state index in [1.807, 2.05) is 0 Å². The van der Waals surface area contributed by atoms with Gasteiger partial charge in [-0.05, 0) is 6.07 Å². The van der Waals surface area contributed by atoms with Crippen molar-refractivity contribution in [1.82, 2.24) is 4.98 Å². The van der Waals surface area contributed by atoms with Gasteiger partial charge in [-0.2, -0.15) is 0 Å². The van der Waals surface area contributed by atoms with E-state index < -0.39 is 10.8 Å². The number of nitrogens with zero attached hydrogens (tertiary/aromatic N) is 2. The number of hydrogen-bond donors (Lipinski definition) is 2. The molecule has 0 saturated carbocycles. The number of carbonyl (C=O) groups is 1. The maximum atomic E-state index is 10.4. The average molecular weight is 196 g/mol. The van der Waals surface area contributed by atoms with Crippen LogP contribution in [0.4, 0.5) is 11.5 Å². The molecule has 7 heteroatoms. The Morgan fingerprint density at radius 2 is 2.36 bits per heavy atom. The number of carbonyl (C=O) groups excluding carboxylic acids is 1. The van der Waals surface area contributed by atoms with Gasteiger partial charge >= 0.3 is 0 Å². The predicted molar refractivity (Wildman–Crippen MR) is 48.6 cm³/mol. The summed E-state index contributed by atoms with van der Waals surface area (Å²) in [6, 6.07) is 2.69. The van der Waals surface area contributed by atoms with Crippen molar-refractivity contribution < 1.29 is 9.72 Å². The highest BCUT2D eigenvalue weighted by atomic mass is 16.6. The second-order valence-corrected chi connectivity index (χ2v) is 2.48. The van der Waals surface area contributed by atoms with E-state index in [1.54, 1.807) is 0 Å². The lowest BCUT2D eigenvalue weighted by Crippen LogP contribution is -2.22. The van der Waals surface area contributed by atoms with Crippen molar-refractivity contribution in [2.45, 2.75) is 0 Å². The molecule has 1 heterocycles. The van der Waals surface area contributed by atoms with Crippen molar-refractivity contribution >= 4 is 17.4 Å². The summed E-state index contributed by atoms with van der Waals surface area (Å²) in [5.41, 5.74) is 4.78. The van der Waals surface area contributed by atoms with Crippen molar-refractivity contribution in [1.29, 1.82) is 0 Å². The molecule has 0 spiro atoms. The summed E-state index contributed by atoms with van der Waals surface area (Å²) >= 11 is 0. The second-order valence-electron chi connectivity index (χ2n) is 2.48. The van der Waals surface area contributed by atoms with Crippen LogP contribution in [0.15, 0.2) is 18.3 Å². The largest absolute Gasteiger partial charge is 0.368 e. The third-order valence-electron chi connectivity index (χ3n) is 1.40. The highest BCUT2D eigenvalue weighted by Crippen LogP contribution is 2.11. The first-order valence-electron chi connectivity index (χ1n) is 3.72. The van der Waals surface area contributed by atoms with Crippen LogP contribution in [-0.2, 0) is 4.79 Å². The quantitative estimate of drug-likeness (QED) is 0.515. The van der Waals surface area contributed by atoms with Crippen LogP contribution < -0.4 is 11.1 Å². The number of rotatable bonds is 4. The van der Waals surface area contributed by atoms with Crippen molar-refractivity contribution in [2.75, 3.05) is 11.9 Å². The smallest absolute Gasteiger partial charge is 0.287 e. The summed E-state index contributed by atoms with van der Waals surface area (Å²) in [6.07, 6.45) is 1.10. The molecule has 1 aromatic heterocycles. The van der Waals surface area contributed by atoms with Crippen LogP contribution in [0.25, 0.3) is 0 Å². The SMILES string of the molecule is NC(=O)CNc1ccc([N+](=O)[O-])cn1. The lowest BCUT2D eigenvalue weighted by Gasteiger charge is -2.00. The molecule has 0 radical (unpaired) electrons. The van der Waals surface area contributed by atoms with E-state index in [-0.39, 0.29) is 12.2 Å². The molecule has 0 saturated heterocycles. The van der Waals surface area contributed by atoms with Crippen LogP contribution in [-0.4, -0.2) is 22.4 Å². The van der Waals surface area contributed by atoms with Gasteiger partial charge in [-0.15, -0.1) is 0 Å². The van der Waals surface area contributed by atoms with Gasteiger partial charge in [0.25, 0.3) is 5.69 Å². The number of hydrogen-bond acceptors (Lipinski definition) is 5. The monoisotopic (exact) mass is 196 g/mol. The average Bonchev–Trinajstić information content (AvgIpc) is 2.15. The molecule has 0 atom stereocenters. The number of anilines is 1. The molecule has 0 aromatic carbocycles. The highest BCUT2D eigenvalue weighted by molar-refractivity contribution is 5.78. The lowest BCUT2D eigenvalue weighted by atomic mass is 10.4.